The van der Waals surface area contributed by atoms with Crippen molar-refractivity contribution < 1.29 is 9.53 Å². The third-order valence-corrected chi connectivity index (χ3v) is 4.45. The molecular weight excluding hydrogens is 314 g/mol. The van der Waals surface area contributed by atoms with Gasteiger partial charge in [0.1, 0.15) is 5.60 Å². The lowest BCUT2D eigenvalue weighted by Crippen LogP contribution is -2.53. The Labute approximate surface area is 152 Å². The van der Waals surface area contributed by atoms with Crippen LogP contribution in [0.3, 0.4) is 0 Å². The van der Waals surface area contributed by atoms with E-state index in [9.17, 15) is 4.79 Å². The number of nitrogens with one attached hydrogen (secondary N) is 1. The highest BCUT2D eigenvalue weighted by Gasteiger charge is 2.26. The van der Waals surface area contributed by atoms with E-state index < -0.39 is 11.7 Å². The van der Waals surface area contributed by atoms with Gasteiger partial charge in [0.05, 0.1) is 0 Å². The number of benzene rings is 1. The van der Waals surface area contributed by atoms with Gasteiger partial charge in [0, 0.05) is 43.1 Å². The van der Waals surface area contributed by atoms with Crippen molar-refractivity contribution in [2.45, 2.75) is 59.6 Å². The van der Waals surface area contributed by atoms with Crippen LogP contribution >= 0.6 is 0 Å². The molecule has 0 spiro atoms. The topological polar surface area (TPSA) is 44.8 Å². The van der Waals surface area contributed by atoms with E-state index in [0.29, 0.717) is 0 Å². The second-order valence-corrected chi connectivity index (χ2v) is 8.77. The molecule has 0 radical (unpaired) electrons. The Balaban J connectivity index is 2.05. The Kier molecular flexibility index (Phi) is 5.67. The summed E-state index contributed by atoms with van der Waals surface area (Å²) in [6.45, 7) is 18.5. The van der Waals surface area contributed by atoms with E-state index in [1.54, 1.807) is 0 Å². The molecule has 1 fully saturated rings. The van der Waals surface area contributed by atoms with E-state index >= 15 is 0 Å². The zero-order chi connectivity index (χ0) is 18.8. The highest BCUT2D eigenvalue weighted by Crippen LogP contribution is 2.26. The lowest BCUT2D eigenvalue weighted by molar-refractivity contribution is 0.0636. The van der Waals surface area contributed by atoms with Gasteiger partial charge in [-0.05, 0) is 66.2 Å². The van der Waals surface area contributed by atoms with Crippen LogP contribution in [0.1, 0.15) is 47.1 Å². The molecule has 5 heteroatoms. The molecule has 1 aromatic carbocycles. The maximum absolute atomic E-state index is 12.1. The summed E-state index contributed by atoms with van der Waals surface area (Å²) in [5, 5.41) is 2.88. The summed E-state index contributed by atoms with van der Waals surface area (Å²) < 4.78 is 5.36. The molecule has 1 N–H and O–H groups in total. The second kappa shape index (κ2) is 7.24. The number of carbonyl (C=O) groups is 1. The Morgan fingerprint density at radius 1 is 1.04 bits per heavy atom. The molecular formula is C20H33N3O2. The van der Waals surface area contributed by atoms with E-state index in [0.717, 1.165) is 43.1 Å². The van der Waals surface area contributed by atoms with Crippen molar-refractivity contribution in [1.29, 1.82) is 0 Å². The zero-order valence-corrected chi connectivity index (χ0v) is 16.8. The number of aryl methyl sites for hydroxylation is 1. The molecule has 2 rings (SSSR count). The van der Waals surface area contributed by atoms with E-state index in [1.807, 2.05) is 33.8 Å². The smallest absolute Gasteiger partial charge is 0.412 e. The standard InChI is InChI=1S/C20H33N3O2/c1-15-8-9-16(14-17(15)21-18(24)25-20(5,6)7)22-10-12-23(13-11-22)19(2,3)4/h8-9,14H,10-13H2,1-7H3,(H,21,24). The first-order valence-corrected chi connectivity index (χ1v) is 9.06. The van der Waals surface area contributed by atoms with Crippen molar-refractivity contribution >= 4 is 17.5 Å². The van der Waals surface area contributed by atoms with Gasteiger partial charge in [-0.15, -0.1) is 0 Å². The lowest BCUT2D eigenvalue weighted by Gasteiger charge is -2.43. The molecule has 0 aromatic heterocycles. The number of hydrogen-bond donors (Lipinski definition) is 1. The molecule has 1 aromatic rings. The number of rotatable bonds is 2. The fourth-order valence-electron chi connectivity index (χ4n) is 2.99. The average molecular weight is 348 g/mol. The molecule has 140 valence electrons. The number of piperazine rings is 1. The van der Waals surface area contributed by atoms with Crippen LogP contribution in [0.4, 0.5) is 16.2 Å². The number of carbonyl (C=O) groups excluding carboxylic acids is 1. The van der Waals surface area contributed by atoms with E-state index in [-0.39, 0.29) is 5.54 Å². The van der Waals surface area contributed by atoms with Gasteiger partial charge >= 0.3 is 6.09 Å². The summed E-state index contributed by atoms with van der Waals surface area (Å²) in [5.41, 5.74) is 2.69. The first-order valence-electron chi connectivity index (χ1n) is 9.06. The fraction of sp³-hybridized carbons (Fsp3) is 0.650. The molecule has 1 saturated heterocycles. The van der Waals surface area contributed by atoms with E-state index in [1.165, 1.54) is 0 Å². The second-order valence-electron chi connectivity index (χ2n) is 8.77. The van der Waals surface area contributed by atoms with E-state index in [2.05, 4.69) is 48.0 Å². The van der Waals surface area contributed by atoms with Crippen molar-refractivity contribution in [3.05, 3.63) is 23.8 Å². The number of anilines is 2. The van der Waals surface area contributed by atoms with Crippen LogP contribution in [-0.4, -0.2) is 48.3 Å². The molecule has 0 saturated carbocycles. The molecule has 0 atom stereocenters. The lowest BCUT2D eigenvalue weighted by atomic mass is 10.0. The molecule has 5 nitrogen and oxygen atoms in total. The highest BCUT2D eigenvalue weighted by molar-refractivity contribution is 5.87. The Hall–Kier alpha value is -1.75. The average Bonchev–Trinajstić information content (AvgIpc) is 2.47. The maximum atomic E-state index is 12.1. The van der Waals surface area contributed by atoms with Crippen LogP contribution in [0.25, 0.3) is 0 Å². The number of amides is 1. The number of nitrogens with zero attached hydrogens (tertiary/aromatic N) is 2. The van der Waals surface area contributed by atoms with Gasteiger partial charge in [-0.2, -0.15) is 0 Å². The molecule has 0 unspecified atom stereocenters. The van der Waals surface area contributed by atoms with Gasteiger partial charge in [-0.1, -0.05) is 6.07 Å². The zero-order valence-electron chi connectivity index (χ0n) is 16.8. The molecule has 1 amide bonds. The highest BCUT2D eigenvalue weighted by atomic mass is 16.6. The van der Waals surface area contributed by atoms with Gasteiger partial charge in [0.15, 0.2) is 0 Å². The first-order chi connectivity index (χ1) is 11.5. The van der Waals surface area contributed by atoms with Gasteiger partial charge in [0.25, 0.3) is 0 Å². The van der Waals surface area contributed by atoms with Crippen LogP contribution in [-0.2, 0) is 4.74 Å². The molecule has 0 aliphatic carbocycles. The molecule has 1 aliphatic heterocycles. The summed E-state index contributed by atoms with van der Waals surface area (Å²) >= 11 is 0. The molecule has 1 heterocycles. The van der Waals surface area contributed by atoms with Crippen molar-refractivity contribution in [1.82, 2.24) is 4.90 Å². The van der Waals surface area contributed by atoms with Crippen LogP contribution in [0.2, 0.25) is 0 Å². The van der Waals surface area contributed by atoms with Gasteiger partial charge in [-0.25, -0.2) is 4.79 Å². The number of hydrogen-bond acceptors (Lipinski definition) is 4. The molecule has 1 aliphatic rings. The third-order valence-electron chi connectivity index (χ3n) is 4.45. The third kappa shape index (κ3) is 5.63. The SMILES string of the molecule is Cc1ccc(N2CCN(C(C)(C)C)CC2)cc1NC(=O)OC(C)(C)C. The number of ether oxygens (including phenoxy) is 1. The van der Waals surface area contributed by atoms with Crippen LogP contribution in [0, 0.1) is 6.92 Å². The summed E-state index contributed by atoms with van der Waals surface area (Å²) in [6.07, 6.45) is -0.412. The van der Waals surface area contributed by atoms with Crippen molar-refractivity contribution in [2.24, 2.45) is 0 Å². The summed E-state index contributed by atoms with van der Waals surface area (Å²) in [7, 11) is 0. The molecule has 25 heavy (non-hydrogen) atoms. The minimum Gasteiger partial charge on any atom is -0.444 e. The largest absolute Gasteiger partial charge is 0.444 e. The normalized spacial score (nSPS) is 16.7. The van der Waals surface area contributed by atoms with E-state index in [4.69, 9.17) is 4.74 Å². The monoisotopic (exact) mass is 347 g/mol. The quantitative estimate of drug-likeness (QED) is 0.868. The van der Waals surface area contributed by atoms with Gasteiger partial charge in [0.2, 0.25) is 0 Å². The predicted molar refractivity (Wildman–Crippen MR) is 105 cm³/mol. The summed E-state index contributed by atoms with van der Waals surface area (Å²) in [4.78, 5) is 17.0. The van der Waals surface area contributed by atoms with Crippen molar-refractivity contribution in [2.75, 3.05) is 36.4 Å². The van der Waals surface area contributed by atoms with Crippen LogP contribution in [0.5, 0.6) is 0 Å². The summed E-state index contributed by atoms with van der Waals surface area (Å²) in [5.74, 6) is 0. The summed E-state index contributed by atoms with van der Waals surface area (Å²) in [6, 6.07) is 6.23. The Bertz CT molecular complexity index is 606. The van der Waals surface area contributed by atoms with Crippen LogP contribution in [0.15, 0.2) is 18.2 Å². The van der Waals surface area contributed by atoms with Crippen molar-refractivity contribution in [3.8, 4) is 0 Å². The minimum absolute atomic E-state index is 0.211. The van der Waals surface area contributed by atoms with Crippen LogP contribution < -0.4 is 10.2 Å². The van der Waals surface area contributed by atoms with Crippen molar-refractivity contribution in [3.63, 3.8) is 0 Å². The maximum Gasteiger partial charge on any atom is 0.412 e. The predicted octanol–water partition coefficient (Wildman–Crippen LogP) is 4.26. The Morgan fingerprint density at radius 2 is 1.64 bits per heavy atom. The molecule has 0 bridgehead atoms. The Morgan fingerprint density at radius 3 is 2.16 bits per heavy atom. The first kappa shape index (κ1) is 19.6. The van der Waals surface area contributed by atoms with Gasteiger partial charge in [-0.3, -0.25) is 10.2 Å². The minimum atomic E-state index is -0.501. The fourth-order valence-corrected chi connectivity index (χ4v) is 2.99. The van der Waals surface area contributed by atoms with Gasteiger partial charge < -0.3 is 9.64 Å².